The second kappa shape index (κ2) is 7.97. The first-order chi connectivity index (χ1) is 12.1. The summed E-state index contributed by atoms with van der Waals surface area (Å²) in [6.07, 6.45) is -4.22. The zero-order chi connectivity index (χ0) is 19.4. The van der Waals surface area contributed by atoms with Gasteiger partial charge in [-0.15, -0.1) is 0 Å². The number of alkyl halides is 3. The molecule has 0 heterocycles. The molecule has 2 aromatic carbocycles. The smallest absolute Gasteiger partial charge is 0.391 e. The van der Waals surface area contributed by atoms with Gasteiger partial charge in [-0.2, -0.15) is 13.2 Å². The van der Waals surface area contributed by atoms with Gasteiger partial charge in [-0.25, -0.2) is 0 Å². The molecule has 0 N–H and O–H groups in total. The van der Waals surface area contributed by atoms with Crippen LogP contribution in [0, 0.1) is 5.92 Å². The molecule has 0 bridgehead atoms. The summed E-state index contributed by atoms with van der Waals surface area (Å²) in [6.45, 7) is 7.66. The molecular weight excluding hydrogens is 353 g/mol. The van der Waals surface area contributed by atoms with E-state index in [1.54, 1.807) is 0 Å². The molecule has 5 heteroatoms. The molecular formula is C21H27F3OSi. The quantitative estimate of drug-likeness (QED) is 0.630. The molecule has 0 aliphatic rings. The van der Waals surface area contributed by atoms with Crippen LogP contribution in [0.15, 0.2) is 60.7 Å². The highest BCUT2D eigenvalue weighted by atomic mass is 28.4. The molecule has 142 valence electrons. The van der Waals surface area contributed by atoms with Crippen molar-refractivity contribution in [1.29, 1.82) is 0 Å². The lowest BCUT2D eigenvalue weighted by atomic mass is 10.1. The van der Waals surface area contributed by atoms with Gasteiger partial charge in [0.05, 0.1) is 5.92 Å². The van der Waals surface area contributed by atoms with Gasteiger partial charge >= 0.3 is 6.18 Å². The Labute approximate surface area is 155 Å². The van der Waals surface area contributed by atoms with E-state index in [0.717, 1.165) is 10.4 Å². The van der Waals surface area contributed by atoms with E-state index in [2.05, 4.69) is 20.8 Å². The molecule has 0 spiro atoms. The molecule has 1 atom stereocenters. The predicted octanol–water partition coefficient (Wildman–Crippen LogP) is 5.15. The van der Waals surface area contributed by atoms with Gasteiger partial charge in [0.25, 0.3) is 8.32 Å². The van der Waals surface area contributed by atoms with Crippen molar-refractivity contribution in [1.82, 2.24) is 0 Å². The van der Waals surface area contributed by atoms with E-state index in [0.29, 0.717) is 0 Å². The van der Waals surface area contributed by atoms with Gasteiger partial charge in [0.2, 0.25) is 0 Å². The van der Waals surface area contributed by atoms with Crippen LogP contribution in [0.1, 0.15) is 34.1 Å². The predicted molar refractivity (Wildman–Crippen MR) is 103 cm³/mol. The summed E-state index contributed by atoms with van der Waals surface area (Å²) in [7, 11) is -2.74. The molecule has 2 aromatic rings. The zero-order valence-corrected chi connectivity index (χ0v) is 16.8. The number of rotatable bonds is 6. The van der Waals surface area contributed by atoms with E-state index in [1.165, 1.54) is 6.92 Å². The van der Waals surface area contributed by atoms with Gasteiger partial charge < -0.3 is 4.43 Å². The maximum atomic E-state index is 12.9. The normalized spacial score (nSPS) is 14.3. The molecule has 0 fully saturated rings. The van der Waals surface area contributed by atoms with Crippen LogP contribution in [0.5, 0.6) is 0 Å². The van der Waals surface area contributed by atoms with Crippen molar-refractivity contribution in [3.8, 4) is 0 Å². The van der Waals surface area contributed by atoms with Crippen molar-refractivity contribution in [2.24, 2.45) is 5.92 Å². The van der Waals surface area contributed by atoms with E-state index in [9.17, 15) is 13.2 Å². The Morgan fingerprint density at radius 2 is 1.27 bits per heavy atom. The van der Waals surface area contributed by atoms with Gasteiger partial charge in [0, 0.05) is 6.61 Å². The van der Waals surface area contributed by atoms with Gasteiger partial charge in [-0.1, -0.05) is 88.4 Å². The van der Waals surface area contributed by atoms with E-state index in [1.807, 2.05) is 60.7 Å². The lowest BCUT2D eigenvalue weighted by Crippen LogP contribution is -2.66. The Kier molecular flexibility index (Phi) is 6.35. The summed E-state index contributed by atoms with van der Waals surface area (Å²) in [6, 6.07) is 19.9. The Balaban J connectivity index is 2.44. The van der Waals surface area contributed by atoms with Crippen molar-refractivity contribution in [3.05, 3.63) is 60.7 Å². The lowest BCUT2D eigenvalue weighted by Gasteiger charge is -2.43. The minimum absolute atomic E-state index is 0.0337. The molecule has 0 aromatic heterocycles. The van der Waals surface area contributed by atoms with Crippen LogP contribution < -0.4 is 10.4 Å². The molecule has 26 heavy (non-hydrogen) atoms. The average molecular weight is 381 g/mol. The fraction of sp³-hybridized carbons (Fsp3) is 0.429. The topological polar surface area (TPSA) is 9.23 Å². The molecule has 0 radical (unpaired) electrons. The van der Waals surface area contributed by atoms with Crippen LogP contribution in [0.25, 0.3) is 0 Å². The van der Waals surface area contributed by atoms with E-state index >= 15 is 0 Å². The first kappa shape index (κ1) is 20.7. The maximum Gasteiger partial charge on any atom is 0.391 e. The number of benzene rings is 2. The highest BCUT2D eigenvalue weighted by molar-refractivity contribution is 6.99. The Bertz CT molecular complexity index is 638. The molecule has 0 saturated carbocycles. The summed E-state index contributed by atoms with van der Waals surface area (Å²) in [5.41, 5.74) is 0. The molecule has 1 nitrogen and oxygen atoms in total. The third-order valence-corrected chi connectivity index (χ3v) is 9.89. The largest absolute Gasteiger partial charge is 0.407 e. The highest BCUT2D eigenvalue weighted by Crippen LogP contribution is 2.37. The second-order valence-electron chi connectivity index (χ2n) is 7.74. The van der Waals surface area contributed by atoms with Gasteiger partial charge in [-0.05, 0) is 21.8 Å². The summed E-state index contributed by atoms with van der Waals surface area (Å²) in [5.74, 6) is -1.37. The van der Waals surface area contributed by atoms with Gasteiger partial charge in [0.1, 0.15) is 0 Å². The molecule has 0 saturated heterocycles. The SMILES string of the molecule is CC(CCO[Si](c1ccccc1)(c1ccccc1)C(C)(C)C)C(F)(F)F. The summed E-state index contributed by atoms with van der Waals surface area (Å²) >= 11 is 0. The summed E-state index contributed by atoms with van der Waals surface area (Å²) in [4.78, 5) is 0. The zero-order valence-electron chi connectivity index (χ0n) is 15.8. The minimum Gasteiger partial charge on any atom is -0.407 e. The van der Waals surface area contributed by atoms with Crippen molar-refractivity contribution >= 4 is 18.7 Å². The Morgan fingerprint density at radius 3 is 1.62 bits per heavy atom. The first-order valence-corrected chi connectivity index (χ1v) is 10.8. The molecule has 0 aliphatic heterocycles. The van der Waals surface area contributed by atoms with Crippen LogP contribution in [-0.4, -0.2) is 21.1 Å². The maximum absolute atomic E-state index is 12.9. The minimum atomic E-state index is -4.19. The molecule has 2 rings (SSSR count). The van der Waals surface area contributed by atoms with Crippen molar-refractivity contribution < 1.29 is 17.6 Å². The molecule has 1 unspecified atom stereocenters. The van der Waals surface area contributed by atoms with Crippen LogP contribution in [0.4, 0.5) is 13.2 Å². The van der Waals surface area contributed by atoms with Crippen LogP contribution in [-0.2, 0) is 4.43 Å². The highest BCUT2D eigenvalue weighted by Gasteiger charge is 2.50. The van der Waals surface area contributed by atoms with Crippen LogP contribution in [0.3, 0.4) is 0 Å². The van der Waals surface area contributed by atoms with Crippen molar-refractivity contribution in [2.45, 2.75) is 45.3 Å². The van der Waals surface area contributed by atoms with Crippen molar-refractivity contribution in [2.75, 3.05) is 6.61 Å². The van der Waals surface area contributed by atoms with Crippen molar-refractivity contribution in [3.63, 3.8) is 0 Å². The third-order valence-electron chi connectivity index (χ3n) is 4.85. The van der Waals surface area contributed by atoms with E-state index in [4.69, 9.17) is 4.43 Å². The molecule has 0 aliphatic carbocycles. The number of hydrogen-bond donors (Lipinski definition) is 0. The van der Waals surface area contributed by atoms with Gasteiger partial charge in [0.15, 0.2) is 0 Å². The average Bonchev–Trinajstić information content (AvgIpc) is 2.58. The van der Waals surface area contributed by atoms with E-state index < -0.39 is 20.4 Å². The first-order valence-electron chi connectivity index (χ1n) is 8.91. The fourth-order valence-electron chi connectivity index (χ4n) is 3.31. The van der Waals surface area contributed by atoms with Crippen LogP contribution >= 0.6 is 0 Å². The third kappa shape index (κ3) is 4.38. The van der Waals surface area contributed by atoms with Gasteiger partial charge in [-0.3, -0.25) is 0 Å². The van der Waals surface area contributed by atoms with Crippen LogP contribution in [0.2, 0.25) is 5.04 Å². The van der Waals surface area contributed by atoms with E-state index in [-0.39, 0.29) is 18.1 Å². The Hall–Kier alpha value is -1.59. The fourth-order valence-corrected chi connectivity index (χ4v) is 7.89. The summed E-state index contributed by atoms with van der Waals surface area (Å²) in [5, 5.41) is 1.94. The monoisotopic (exact) mass is 380 g/mol. The second-order valence-corrected chi connectivity index (χ2v) is 12.0. The molecule has 0 amide bonds. The number of halogens is 3. The number of hydrogen-bond acceptors (Lipinski definition) is 1. The Morgan fingerprint density at radius 1 is 0.846 bits per heavy atom. The standard InChI is InChI=1S/C21H27F3OSi/c1-17(21(22,23)24)15-16-25-26(20(2,3)4,18-11-7-5-8-12-18)19-13-9-6-10-14-19/h5-14,17H,15-16H2,1-4H3. The summed E-state index contributed by atoms with van der Waals surface area (Å²) < 4.78 is 45.2. The lowest BCUT2D eigenvalue weighted by molar-refractivity contribution is -0.172.